The molecule has 150 valence electrons. The highest BCUT2D eigenvalue weighted by atomic mass is 19.1. The van der Waals surface area contributed by atoms with Crippen molar-refractivity contribution in [2.24, 2.45) is 0 Å². The molecule has 18 radical (unpaired) electrons. The molecule has 16 heteroatoms. The molecule has 3 aromatic heterocycles. The van der Waals surface area contributed by atoms with Gasteiger partial charge in [0, 0.05) is 30.2 Å². The number of anilines is 1. The number of piperidine rings is 1. The van der Waals surface area contributed by atoms with Crippen LogP contribution in [0.4, 0.5) is 10.2 Å². The lowest BCUT2D eigenvalue weighted by Crippen LogP contribution is -2.76. The molecule has 4 heterocycles. The Labute approximate surface area is 214 Å². The molecule has 1 amide bonds. The number of pyridine rings is 2. The van der Waals surface area contributed by atoms with Crippen LogP contribution >= 0.6 is 0 Å². The molecule has 0 aliphatic carbocycles. The predicted octanol–water partition coefficient (Wildman–Crippen LogP) is -1.23. The lowest BCUT2D eigenvalue weighted by molar-refractivity contribution is -0.124. The molecule has 0 spiro atoms. The zero-order valence-electron chi connectivity index (χ0n) is 18.4. The van der Waals surface area contributed by atoms with E-state index >= 15 is 0 Å². The molecular formula is C19H9B9FN5O. The summed E-state index contributed by atoms with van der Waals surface area (Å²) in [5.41, 5.74) is 1.02. The molecule has 35 heavy (non-hydrogen) atoms. The van der Waals surface area contributed by atoms with E-state index in [1.165, 1.54) is 6.07 Å². The molecule has 6 nitrogen and oxygen atoms in total. The summed E-state index contributed by atoms with van der Waals surface area (Å²) in [6.07, 6.45) is 4.08. The summed E-state index contributed by atoms with van der Waals surface area (Å²) < 4.78 is 13.5. The first-order chi connectivity index (χ1) is 16.1. The van der Waals surface area contributed by atoms with Gasteiger partial charge in [0.1, 0.15) is 0 Å². The number of nitrogens with zero attached hydrogens (tertiary/aromatic N) is 4. The first-order valence-electron chi connectivity index (χ1n) is 10.1. The van der Waals surface area contributed by atoms with Crippen molar-refractivity contribution in [3.8, 4) is 11.3 Å². The lowest BCUT2D eigenvalue weighted by atomic mass is 9.08. The molecule has 1 fully saturated rings. The van der Waals surface area contributed by atoms with Gasteiger partial charge in [0.05, 0.1) is 76.3 Å². The third-order valence-corrected chi connectivity index (χ3v) is 6.55. The van der Waals surface area contributed by atoms with Gasteiger partial charge in [-0.15, -0.1) is 10.4 Å². The number of nitrogens with one attached hydrogen (secondary N) is 1. The maximum atomic E-state index is 14.1. The number of hydrogen-bond donors (Lipinski definition) is 1. The number of rotatable bonds is 4. The highest BCUT2D eigenvalue weighted by Gasteiger charge is 2.68. The van der Waals surface area contributed by atoms with Crippen molar-refractivity contribution < 1.29 is 9.18 Å². The Morgan fingerprint density at radius 2 is 1.57 bits per heavy atom. The van der Waals surface area contributed by atoms with E-state index in [1.807, 2.05) is 0 Å². The van der Waals surface area contributed by atoms with Gasteiger partial charge in [0.25, 0.3) is 0 Å². The third-order valence-electron chi connectivity index (χ3n) is 6.55. The summed E-state index contributed by atoms with van der Waals surface area (Å²) in [4.78, 5) is 22.2. The van der Waals surface area contributed by atoms with Crippen molar-refractivity contribution in [2.75, 3.05) is 4.90 Å². The summed E-state index contributed by atoms with van der Waals surface area (Å²) in [5, 5.41) is -5.81. The Kier molecular flexibility index (Phi) is 5.85. The van der Waals surface area contributed by atoms with Crippen molar-refractivity contribution in [1.82, 2.24) is 20.2 Å². The minimum absolute atomic E-state index is 0.105. The van der Waals surface area contributed by atoms with E-state index in [2.05, 4.69) is 20.2 Å². The number of hydrogen-bond acceptors (Lipinski definition) is 4. The molecule has 1 atom stereocenters. The molecule has 0 bridgehead atoms. The quantitative estimate of drug-likeness (QED) is 0.408. The average molecular weight is 440 g/mol. The Balaban J connectivity index is 1.92. The monoisotopic (exact) mass is 441 g/mol. The Morgan fingerprint density at radius 1 is 0.943 bits per heavy atom. The second-order valence-corrected chi connectivity index (χ2v) is 8.63. The maximum Gasteiger partial charge on any atom is 0.223 e. The second kappa shape index (κ2) is 8.00. The molecule has 1 unspecified atom stereocenters. The number of H-pyrrole nitrogens is 1. The first kappa shape index (κ1) is 25.6. The predicted molar refractivity (Wildman–Crippen MR) is 138 cm³/mol. The van der Waals surface area contributed by atoms with E-state index in [-0.39, 0.29) is 11.4 Å². The van der Waals surface area contributed by atoms with Crippen LogP contribution in [0.1, 0.15) is 5.56 Å². The van der Waals surface area contributed by atoms with Gasteiger partial charge in [-0.2, -0.15) is 9.49 Å². The molecule has 1 saturated heterocycles. The van der Waals surface area contributed by atoms with Crippen molar-refractivity contribution >= 4 is 82.3 Å². The fraction of sp³-hybridized carbons (Fsp3) is 0.263. The van der Waals surface area contributed by atoms with E-state index in [9.17, 15) is 9.18 Å². The summed E-state index contributed by atoms with van der Waals surface area (Å²) in [6.45, 7) is 0. The van der Waals surface area contributed by atoms with Gasteiger partial charge in [-0.25, -0.2) is 4.98 Å². The fourth-order valence-corrected chi connectivity index (χ4v) is 4.13. The van der Waals surface area contributed by atoms with Crippen molar-refractivity contribution in [2.45, 2.75) is 26.3 Å². The minimum atomic E-state index is -2.68. The van der Waals surface area contributed by atoms with Gasteiger partial charge in [0.2, 0.25) is 11.9 Å². The summed E-state index contributed by atoms with van der Waals surface area (Å²) in [7, 11) is 57.0. The number of aromatic nitrogens is 4. The van der Waals surface area contributed by atoms with Crippen LogP contribution < -0.4 is 4.90 Å². The number of carbonyl (C=O) groups excluding carboxylic acids is 1. The van der Waals surface area contributed by atoms with E-state index < -0.39 is 38.1 Å². The molecule has 0 aromatic carbocycles. The van der Waals surface area contributed by atoms with Crippen molar-refractivity contribution in [1.29, 1.82) is 0 Å². The molecule has 3 aromatic rings. The van der Waals surface area contributed by atoms with Crippen LogP contribution in [0.5, 0.6) is 0 Å². The zero-order valence-corrected chi connectivity index (χ0v) is 18.4. The first-order valence-corrected chi connectivity index (χ1v) is 10.1. The van der Waals surface area contributed by atoms with Gasteiger partial charge < -0.3 is 4.90 Å². The fourth-order valence-electron chi connectivity index (χ4n) is 4.13. The number of carbonyl (C=O) groups is 1. The number of aromatic amines is 1. The van der Waals surface area contributed by atoms with Crippen LogP contribution in [0.15, 0.2) is 48.9 Å². The number of halogens is 1. The largest absolute Gasteiger partial charge is 0.308 e. The van der Waals surface area contributed by atoms with Gasteiger partial charge in [-0.05, 0) is 34.4 Å². The van der Waals surface area contributed by atoms with Gasteiger partial charge in [-0.3, -0.25) is 14.9 Å². The van der Waals surface area contributed by atoms with E-state index in [0.717, 1.165) is 23.2 Å². The Morgan fingerprint density at radius 3 is 2.14 bits per heavy atom. The SMILES string of the molecule is [B]C([B])(c1ccc(F)nc1)C1([B])C(=O)N(c2cc(-c3ccncc3)[nH]n2)C([B])([B])C([B])([B])C1([B])[B]. The normalized spacial score (nSPS) is 23.1. The Bertz CT molecular complexity index is 1270. The average Bonchev–Trinajstić information content (AvgIpc) is 3.27. The van der Waals surface area contributed by atoms with Crippen molar-refractivity contribution in [3.05, 3.63) is 60.4 Å². The zero-order chi connectivity index (χ0) is 26.0. The topological polar surface area (TPSA) is 74.8 Å². The molecule has 4 rings (SSSR count). The van der Waals surface area contributed by atoms with Crippen LogP contribution in [0, 0.1) is 5.95 Å². The molecule has 1 aliphatic rings. The smallest absolute Gasteiger partial charge is 0.223 e. The van der Waals surface area contributed by atoms with E-state index in [1.54, 1.807) is 24.5 Å². The minimum Gasteiger partial charge on any atom is -0.308 e. The highest BCUT2D eigenvalue weighted by molar-refractivity contribution is 6.69. The van der Waals surface area contributed by atoms with Crippen molar-refractivity contribution in [3.63, 3.8) is 0 Å². The highest BCUT2D eigenvalue weighted by Crippen LogP contribution is 2.71. The molecule has 0 saturated carbocycles. The standard InChI is InChI=1S/C19H9B9FN5O/c20-15(16(21,22)10-1-2-12(29)31-8-10)14(35)34(19(27,28)18(25,26)17(15,23)24)13-7-11(32-33-13)9-3-5-30-6-4-9/h1-8H,(H,32,33). The molecular weight excluding hydrogens is 431 g/mol. The lowest BCUT2D eigenvalue weighted by Gasteiger charge is -2.73. The molecule has 1 N–H and O–H groups in total. The van der Waals surface area contributed by atoms with Crippen LogP contribution in [0.3, 0.4) is 0 Å². The van der Waals surface area contributed by atoms with Gasteiger partial charge in [0.15, 0.2) is 5.82 Å². The maximum absolute atomic E-state index is 14.1. The summed E-state index contributed by atoms with van der Waals surface area (Å²) >= 11 is 0. The van der Waals surface area contributed by atoms with E-state index in [4.69, 9.17) is 70.6 Å². The van der Waals surface area contributed by atoms with Crippen LogP contribution in [-0.4, -0.2) is 102 Å². The van der Waals surface area contributed by atoms with Crippen LogP contribution in [-0.2, 0) is 10.0 Å². The third kappa shape index (κ3) is 3.35. The molecule has 1 aliphatic heterocycles. The van der Waals surface area contributed by atoms with Crippen LogP contribution in [0.2, 0.25) is 15.7 Å². The van der Waals surface area contributed by atoms with Gasteiger partial charge in [-0.1, -0.05) is 11.3 Å². The summed E-state index contributed by atoms with van der Waals surface area (Å²) in [6, 6.07) is 6.92. The summed E-state index contributed by atoms with van der Waals surface area (Å²) in [5.74, 6) is -2.12. The van der Waals surface area contributed by atoms with Crippen LogP contribution in [0.25, 0.3) is 11.3 Å². The Hall–Kier alpha value is -2.51. The second-order valence-electron chi connectivity index (χ2n) is 8.63. The van der Waals surface area contributed by atoms with E-state index in [0.29, 0.717) is 11.3 Å². The van der Waals surface area contributed by atoms with Gasteiger partial charge >= 0.3 is 0 Å². The number of amides is 1.